The number of hydrogen-bond acceptors (Lipinski definition) is 1. The van der Waals surface area contributed by atoms with Crippen LogP contribution in [0.3, 0.4) is 0 Å². The monoisotopic (exact) mass is 423 g/mol. The van der Waals surface area contributed by atoms with Gasteiger partial charge >= 0.3 is 0 Å². The zero-order valence-corrected chi connectivity index (χ0v) is 21.2. The lowest BCUT2D eigenvalue weighted by Crippen LogP contribution is -2.75. The van der Waals surface area contributed by atoms with E-state index in [1.165, 1.54) is 0 Å². The van der Waals surface area contributed by atoms with E-state index in [0.717, 1.165) is 12.1 Å². The van der Waals surface area contributed by atoms with Crippen LogP contribution in [0.4, 0.5) is 0 Å². The van der Waals surface area contributed by atoms with Crippen molar-refractivity contribution in [2.75, 3.05) is 0 Å². The number of rotatable bonds is 7. The SMILES string of the molecule is CC[Si](CC)(N=[N+]=[N-])C([Si](C)(C)C)([Si](C)(C)C)[Si](C)(C)Br. The van der Waals surface area contributed by atoms with E-state index in [2.05, 4.69) is 91.2 Å². The van der Waals surface area contributed by atoms with Crippen LogP contribution in [-0.4, -0.2) is 31.1 Å². The summed E-state index contributed by atoms with van der Waals surface area (Å²) in [6.45, 7) is 22.9. The predicted octanol–water partition coefficient (Wildman–Crippen LogP) is 6.92. The quantitative estimate of drug-likeness (QED) is 0.140. The molecule has 0 N–H and O–H groups in total. The Bertz CT molecular complexity index is 375. The lowest BCUT2D eigenvalue weighted by atomic mass is 10.9. The van der Waals surface area contributed by atoms with Gasteiger partial charge in [0, 0.05) is 16.1 Å². The van der Waals surface area contributed by atoms with Crippen LogP contribution >= 0.6 is 15.3 Å². The van der Waals surface area contributed by atoms with Crippen molar-refractivity contribution in [3.05, 3.63) is 10.4 Å². The molecule has 3 nitrogen and oxygen atoms in total. The molecule has 0 aliphatic carbocycles. The minimum Gasteiger partial charge on any atom is -0.127 e. The Morgan fingerprint density at radius 1 is 0.905 bits per heavy atom. The van der Waals surface area contributed by atoms with Gasteiger partial charge in [0.05, 0.1) is 0 Å². The Morgan fingerprint density at radius 3 is 1.38 bits per heavy atom. The zero-order valence-electron chi connectivity index (χ0n) is 15.6. The van der Waals surface area contributed by atoms with Crippen molar-refractivity contribution in [2.24, 2.45) is 4.78 Å². The third-order valence-electron chi connectivity index (χ3n) is 5.25. The summed E-state index contributed by atoms with van der Waals surface area (Å²) in [4.78, 5) is 3.39. The van der Waals surface area contributed by atoms with Gasteiger partial charge in [-0.15, -0.1) is 20.1 Å². The largest absolute Gasteiger partial charge is 0.154 e. The Morgan fingerprint density at radius 2 is 1.24 bits per heavy atom. The number of azide groups is 1. The lowest BCUT2D eigenvalue weighted by Gasteiger charge is -2.65. The molecule has 0 unspecified atom stereocenters. The Labute approximate surface area is 143 Å². The fraction of sp³-hybridized carbons (Fsp3) is 1.00. The molecule has 0 rings (SSSR count). The molecule has 0 aliphatic heterocycles. The van der Waals surface area contributed by atoms with E-state index in [-0.39, 0.29) is 0 Å². The summed E-state index contributed by atoms with van der Waals surface area (Å²) in [5.74, 6) is 0. The molecule has 124 valence electrons. The second-order valence-electron chi connectivity index (χ2n) is 8.65. The highest BCUT2D eigenvalue weighted by atomic mass is 79.9. The molecule has 8 heteroatoms. The summed E-state index contributed by atoms with van der Waals surface area (Å²) >= 11 is 4.22. The first kappa shape index (κ1) is 21.7. The average Bonchev–Trinajstić information content (AvgIpc) is 2.22. The van der Waals surface area contributed by atoms with Crippen LogP contribution in [-0.2, 0) is 0 Å². The van der Waals surface area contributed by atoms with Gasteiger partial charge in [-0.3, -0.25) is 0 Å². The van der Waals surface area contributed by atoms with Crippen molar-refractivity contribution in [2.45, 2.75) is 82.2 Å². The van der Waals surface area contributed by atoms with E-state index in [9.17, 15) is 5.53 Å². The maximum atomic E-state index is 9.35. The highest BCUT2D eigenvalue weighted by molar-refractivity contribution is 9.26. The molecule has 0 aromatic heterocycles. The Balaban J connectivity index is 7.04. The van der Waals surface area contributed by atoms with Gasteiger partial charge in [-0.25, -0.2) is 0 Å². The molecular weight excluding hydrogens is 390 g/mol. The number of hydrogen-bond donors (Lipinski definition) is 0. The fourth-order valence-corrected chi connectivity index (χ4v) is 64.6. The molecule has 0 saturated heterocycles. The summed E-state index contributed by atoms with van der Waals surface area (Å²) in [6, 6.07) is 2.15. The van der Waals surface area contributed by atoms with Crippen LogP contribution in [0.1, 0.15) is 13.8 Å². The predicted molar refractivity (Wildman–Crippen MR) is 112 cm³/mol. The molecular formula is C13H34BrN3Si4. The van der Waals surface area contributed by atoms with Gasteiger partial charge in [-0.05, 0) is 14.4 Å². The molecule has 21 heavy (non-hydrogen) atoms. The molecule has 0 bridgehead atoms. The summed E-state index contributed by atoms with van der Waals surface area (Å²) < 4.78 is 4.99. The second kappa shape index (κ2) is 6.65. The molecule has 0 heterocycles. The van der Waals surface area contributed by atoms with Gasteiger partial charge in [0.25, 0.3) is 0 Å². The second-order valence-corrected chi connectivity index (χ2v) is 36.2. The molecule has 0 aromatic carbocycles. The van der Waals surface area contributed by atoms with E-state index in [1.807, 2.05) is 0 Å². The van der Waals surface area contributed by atoms with Gasteiger partial charge in [0.2, 0.25) is 0 Å². The highest BCUT2D eigenvalue weighted by Gasteiger charge is 2.70. The summed E-state index contributed by atoms with van der Waals surface area (Å²) in [7, 11) is -5.18. The third kappa shape index (κ3) is 3.30. The van der Waals surface area contributed by atoms with Gasteiger partial charge in [0.15, 0.2) is 8.24 Å². The maximum absolute atomic E-state index is 9.35. The van der Waals surface area contributed by atoms with Gasteiger partial charge < -0.3 is 0 Å². The van der Waals surface area contributed by atoms with E-state index < -0.39 is 31.1 Å². The van der Waals surface area contributed by atoms with Crippen LogP contribution in [0.5, 0.6) is 0 Å². The minimum absolute atomic E-state index is 0.329. The zero-order chi connectivity index (χ0) is 17.3. The van der Waals surface area contributed by atoms with Crippen LogP contribution in [0.15, 0.2) is 4.78 Å². The third-order valence-corrected chi connectivity index (χ3v) is 44.1. The normalized spacial score (nSPS) is 14.8. The molecule has 0 atom stereocenters. The topological polar surface area (TPSA) is 48.8 Å². The van der Waals surface area contributed by atoms with E-state index in [4.69, 9.17) is 0 Å². The molecule has 0 fully saturated rings. The Hall–Kier alpha value is 0.658. The summed E-state index contributed by atoms with van der Waals surface area (Å²) in [5, 5.41) is 0. The van der Waals surface area contributed by atoms with E-state index >= 15 is 0 Å². The Kier molecular flexibility index (Phi) is 6.85. The lowest BCUT2D eigenvalue weighted by molar-refractivity contribution is 1.07. The van der Waals surface area contributed by atoms with E-state index in [0.29, 0.717) is 3.91 Å². The minimum atomic E-state index is -2.08. The summed E-state index contributed by atoms with van der Waals surface area (Å²) in [5.41, 5.74) is 9.35. The molecule has 0 aromatic rings. The maximum Gasteiger partial charge on any atom is 0.154 e. The van der Waals surface area contributed by atoms with Crippen molar-refractivity contribution < 1.29 is 0 Å². The van der Waals surface area contributed by atoms with Crippen molar-refractivity contribution in [1.29, 1.82) is 0 Å². The molecule has 0 radical (unpaired) electrons. The average molecular weight is 425 g/mol. The first-order valence-corrected chi connectivity index (χ1v) is 22.6. The smallest absolute Gasteiger partial charge is 0.127 e. The number of nitrogens with zero attached hydrogens (tertiary/aromatic N) is 3. The molecule has 0 amide bonds. The van der Waals surface area contributed by atoms with Crippen LogP contribution in [0, 0.1) is 0 Å². The van der Waals surface area contributed by atoms with Crippen molar-refractivity contribution in [3.8, 4) is 0 Å². The standard InChI is InChI=1S/C13H34BrN3Si4/c1-11-21(12-2,17-16-15)13(18(3,4)5,19(6,7)8)20(9,10)14/h11-12H2,1-10H3. The van der Waals surface area contributed by atoms with Gasteiger partial charge in [0.1, 0.15) is 6.69 Å². The van der Waals surface area contributed by atoms with Crippen LogP contribution in [0.25, 0.3) is 10.4 Å². The first-order valence-electron chi connectivity index (χ1n) is 7.93. The van der Waals surface area contributed by atoms with Gasteiger partial charge in [-0.2, -0.15) is 0 Å². The highest BCUT2D eigenvalue weighted by Crippen LogP contribution is 2.63. The fourth-order valence-electron chi connectivity index (χ4n) is 5.94. The van der Waals surface area contributed by atoms with Crippen molar-refractivity contribution >= 4 is 46.4 Å². The summed E-state index contributed by atoms with van der Waals surface area (Å²) in [6.07, 6.45) is 0. The van der Waals surface area contributed by atoms with Crippen molar-refractivity contribution in [3.63, 3.8) is 0 Å². The van der Waals surface area contributed by atoms with E-state index in [1.54, 1.807) is 0 Å². The first-order chi connectivity index (χ1) is 9.18. The molecule has 0 saturated carbocycles. The molecule has 0 spiro atoms. The van der Waals surface area contributed by atoms with Crippen molar-refractivity contribution in [1.82, 2.24) is 0 Å². The van der Waals surface area contributed by atoms with Crippen LogP contribution in [0.2, 0.25) is 68.4 Å². The van der Waals surface area contributed by atoms with Gasteiger partial charge in [-0.1, -0.05) is 78.3 Å². The number of halogens is 1. The van der Waals surface area contributed by atoms with Crippen LogP contribution < -0.4 is 0 Å². The molecule has 0 aliphatic rings.